The predicted octanol–water partition coefficient (Wildman–Crippen LogP) is 2.32. The van der Waals surface area contributed by atoms with Crippen LogP contribution in [-0.4, -0.2) is 47.3 Å². The van der Waals surface area contributed by atoms with Gasteiger partial charge in [-0.3, -0.25) is 4.79 Å². The van der Waals surface area contributed by atoms with Gasteiger partial charge in [0.1, 0.15) is 12.4 Å². The molecule has 1 amide bonds. The van der Waals surface area contributed by atoms with E-state index in [0.717, 1.165) is 43.5 Å². The van der Waals surface area contributed by atoms with Crippen molar-refractivity contribution in [3.05, 3.63) is 42.0 Å². The number of methoxy groups -OCH3 is 1. The molecule has 1 aliphatic carbocycles. The zero-order valence-corrected chi connectivity index (χ0v) is 14.9. The molecule has 1 saturated carbocycles. The topological polar surface area (TPSA) is 77.7 Å². The van der Waals surface area contributed by atoms with Gasteiger partial charge in [0.2, 0.25) is 12.3 Å². The molecule has 1 atom stereocenters. The molecule has 1 unspecified atom stereocenters. The summed E-state index contributed by atoms with van der Waals surface area (Å²) in [5, 5.41) is 3.76. The van der Waals surface area contributed by atoms with Crippen LogP contribution in [0.1, 0.15) is 37.1 Å². The average Bonchev–Trinajstić information content (AvgIpc) is 3.34. The molecule has 1 saturated heterocycles. The molecule has 2 aliphatic rings. The molecule has 2 heterocycles. The van der Waals surface area contributed by atoms with Crippen LogP contribution >= 0.6 is 0 Å². The van der Waals surface area contributed by atoms with E-state index in [4.69, 9.17) is 14.0 Å². The van der Waals surface area contributed by atoms with Crippen molar-refractivity contribution in [2.45, 2.75) is 43.8 Å². The lowest BCUT2D eigenvalue weighted by Gasteiger charge is -2.35. The Morgan fingerprint density at radius 3 is 2.81 bits per heavy atom. The lowest BCUT2D eigenvalue weighted by molar-refractivity contribution is -0.138. The Morgan fingerprint density at radius 2 is 2.15 bits per heavy atom. The summed E-state index contributed by atoms with van der Waals surface area (Å²) in [4.78, 5) is 19.1. The normalized spacial score (nSPS) is 21.4. The Morgan fingerprint density at radius 1 is 1.35 bits per heavy atom. The van der Waals surface area contributed by atoms with Crippen LogP contribution < -0.4 is 4.74 Å². The molecule has 7 nitrogen and oxygen atoms in total. The number of ether oxygens (including phenoxy) is 2. The predicted molar refractivity (Wildman–Crippen MR) is 92.6 cm³/mol. The molecule has 0 radical (unpaired) electrons. The molecule has 26 heavy (non-hydrogen) atoms. The number of benzene rings is 1. The highest BCUT2D eigenvalue weighted by atomic mass is 16.5. The van der Waals surface area contributed by atoms with Gasteiger partial charge < -0.3 is 18.9 Å². The molecule has 2 fully saturated rings. The summed E-state index contributed by atoms with van der Waals surface area (Å²) in [6, 6.07) is 7.88. The monoisotopic (exact) mass is 357 g/mol. The molecule has 0 N–H and O–H groups in total. The molecule has 138 valence electrons. The molecular formula is C19H23N3O4. The average molecular weight is 357 g/mol. The van der Waals surface area contributed by atoms with Gasteiger partial charge in [-0.05, 0) is 43.4 Å². The third-order valence-corrected chi connectivity index (χ3v) is 5.32. The second kappa shape index (κ2) is 7.07. The van der Waals surface area contributed by atoms with Crippen LogP contribution in [0.4, 0.5) is 0 Å². The van der Waals surface area contributed by atoms with Crippen LogP contribution in [0.5, 0.6) is 5.75 Å². The lowest BCUT2D eigenvalue weighted by Crippen LogP contribution is -2.47. The first-order valence-corrected chi connectivity index (χ1v) is 9.02. The summed E-state index contributed by atoms with van der Waals surface area (Å²) >= 11 is 0. The first-order valence-electron chi connectivity index (χ1n) is 9.02. The van der Waals surface area contributed by atoms with Gasteiger partial charge >= 0.3 is 0 Å². The number of nitrogens with zero attached hydrogens (tertiary/aromatic N) is 3. The summed E-state index contributed by atoms with van der Waals surface area (Å²) < 4.78 is 15.8. The summed E-state index contributed by atoms with van der Waals surface area (Å²) in [7, 11) is 1.65. The van der Waals surface area contributed by atoms with Crippen molar-refractivity contribution in [1.29, 1.82) is 0 Å². The smallest absolute Gasteiger partial charge is 0.233 e. The number of piperidine rings is 1. The van der Waals surface area contributed by atoms with E-state index >= 15 is 0 Å². The fourth-order valence-electron chi connectivity index (χ4n) is 3.67. The number of carbonyl (C=O) groups excluding carboxylic acids is 1. The van der Waals surface area contributed by atoms with Gasteiger partial charge in [-0.2, -0.15) is 4.98 Å². The van der Waals surface area contributed by atoms with Gasteiger partial charge in [0.15, 0.2) is 5.82 Å². The molecule has 1 aromatic heterocycles. The van der Waals surface area contributed by atoms with Crippen LogP contribution in [0.25, 0.3) is 0 Å². The third kappa shape index (κ3) is 3.31. The van der Waals surface area contributed by atoms with E-state index in [2.05, 4.69) is 10.1 Å². The van der Waals surface area contributed by atoms with E-state index < -0.39 is 0 Å². The van der Waals surface area contributed by atoms with Gasteiger partial charge in [0.25, 0.3) is 0 Å². The number of hydrogen-bond acceptors (Lipinski definition) is 6. The Balaban J connectivity index is 1.40. The zero-order chi connectivity index (χ0) is 18.0. The Hall–Kier alpha value is -2.41. The third-order valence-electron chi connectivity index (χ3n) is 5.32. The minimum Gasteiger partial charge on any atom is -0.497 e. The minimum absolute atomic E-state index is 0.0119. The van der Waals surface area contributed by atoms with Crippen molar-refractivity contribution in [3.8, 4) is 5.75 Å². The van der Waals surface area contributed by atoms with Gasteiger partial charge in [0.05, 0.1) is 18.6 Å². The second-order valence-electron chi connectivity index (χ2n) is 6.98. The number of rotatable bonds is 6. The van der Waals surface area contributed by atoms with E-state index in [-0.39, 0.29) is 17.4 Å². The maximum absolute atomic E-state index is 13.2. The molecule has 7 heteroatoms. The first-order chi connectivity index (χ1) is 12.7. The standard InChI is InChI=1S/C19H23N3O4/c1-24-15-6-4-14(5-7-15)19(8-9-19)18(23)22-10-2-3-16(11-22)25-12-17-20-13-26-21-17/h4-7,13,16H,2-3,8-12H2,1H3. The molecular weight excluding hydrogens is 334 g/mol. The fourth-order valence-corrected chi connectivity index (χ4v) is 3.67. The SMILES string of the molecule is COc1ccc(C2(C(=O)N3CCCC(OCc4ncon4)C3)CC2)cc1. The summed E-state index contributed by atoms with van der Waals surface area (Å²) in [5.41, 5.74) is 0.722. The van der Waals surface area contributed by atoms with Crippen molar-refractivity contribution in [2.24, 2.45) is 0 Å². The van der Waals surface area contributed by atoms with Crippen molar-refractivity contribution in [3.63, 3.8) is 0 Å². The van der Waals surface area contributed by atoms with E-state index in [1.54, 1.807) is 7.11 Å². The molecule has 1 aromatic carbocycles. The van der Waals surface area contributed by atoms with Crippen LogP contribution in [-0.2, 0) is 21.6 Å². The highest BCUT2D eigenvalue weighted by Crippen LogP contribution is 2.50. The lowest BCUT2D eigenvalue weighted by atomic mass is 9.93. The fraction of sp³-hybridized carbons (Fsp3) is 0.526. The maximum Gasteiger partial charge on any atom is 0.233 e. The number of hydrogen-bond donors (Lipinski definition) is 0. The van der Waals surface area contributed by atoms with Crippen LogP contribution in [0, 0.1) is 0 Å². The summed E-state index contributed by atoms with van der Waals surface area (Å²) in [5.74, 6) is 1.56. The number of likely N-dealkylation sites (tertiary alicyclic amines) is 1. The highest BCUT2D eigenvalue weighted by molar-refractivity contribution is 5.91. The number of carbonyl (C=O) groups is 1. The molecule has 0 bridgehead atoms. The van der Waals surface area contributed by atoms with Gasteiger partial charge in [-0.25, -0.2) is 0 Å². The van der Waals surface area contributed by atoms with Crippen molar-refractivity contribution < 1.29 is 18.8 Å². The largest absolute Gasteiger partial charge is 0.497 e. The summed E-state index contributed by atoms with van der Waals surface area (Å²) in [6.45, 7) is 1.72. The maximum atomic E-state index is 13.2. The Labute approximate surface area is 152 Å². The Bertz CT molecular complexity index is 741. The van der Waals surface area contributed by atoms with Crippen molar-refractivity contribution in [2.75, 3.05) is 20.2 Å². The molecule has 2 aromatic rings. The summed E-state index contributed by atoms with van der Waals surface area (Å²) in [6.07, 6.45) is 5.00. The van der Waals surface area contributed by atoms with Crippen LogP contribution in [0.2, 0.25) is 0 Å². The van der Waals surface area contributed by atoms with E-state index in [9.17, 15) is 4.79 Å². The molecule has 0 spiro atoms. The van der Waals surface area contributed by atoms with Crippen molar-refractivity contribution >= 4 is 5.91 Å². The number of amides is 1. The van der Waals surface area contributed by atoms with E-state index in [1.807, 2.05) is 29.2 Å². The molecule has 1 aliphatic heterocycles. The molecule has 4 rings (SSSR count). The van der Waals surface area contributed by atoms with Crippen molar-refractivity contribution in [1.82, 2.24) is 15.0 Å². The number of aromatic nitrogens is 2. The van der Waals surface area contributed by atoms with E-state index in [1.165, 1.54) is 6.39 Å². The van der Waals surface area contributed by atoms with Crippen LogP contribution in [0.15, 0.2) is 35.2 Å². The highest BCUT2D eigenvalue weighted by Gasteiger charge is 2.53. The van der Waals surface area contributed by atoms with E-state index in [0.29, 0.717) is 19.0 Å². The van der Waals surface area contributed by atoms with Gasteiger partial charge in [-0.1, -0.05) is 17.3 Å². The zero-order valence-electron chi connectivity index (χ0n) is 14.9. The minimum atomic E-state index is -0.359. The second-order valence-corrected chi connectivity index (χ2v) is 6.98. The van der Waals surface area contributed by atoms with Gasteiger partial charge in [-0.15, -0.1) is 0 Å². The Kier molecular flexibility index (Phi) is 4.63. The van der Waals surface area contributed by atoms with Gasteiger partial charge in [0, 0.05) is 13.1 Å². The van der Waals surface area contributed by atoms with Crippen LogP contribution in [0.3, 0.4) is 0 Å². The quantitative estimate of drug-likeness (QED) is 0.790. The first kappa shape index (κ1) is 17.0.